The van der Waals surface area contributed by atoms with Crippen molar-refractivity contribution in [3.05, 3.63) is 24.3 Å². The van der Waals surface area contributed by atoms with Crippen molar-refractivity contribution < 1.29 is 4.74 Å². The largest absolute Gasteiger partial charge is 0.367 e. The van der Waals surface area contributed by atoms with Gasteiger partial charge in [0.15, 0.2) is 0 Å². The van der Waals surface area contributed by atoms with Gasteiger partial charge in [0.2, 0.25) is 0 Å². The Bertz CT molecular complexity index is 229. The molecule has 0 aromatic rings. The van der Waals surface area contributed by atoms with E-state index in [1.54, 1.807) is 0 Å². The maximum atomic E-state index is 6.37. The number of hydrogen-bond donors (Lipinski definition) is 0. The standard InChI is InChI=1S/C20H38O/c1-5-9-13-17-19(15-11-7-3)21-20(16-12-8-4)18-14-10-6-2/h11-12,15-16,19-20H,5-10,13-14,17-18H2,1-4H3. The summed E-state index contributed by atoms with van der Waals surface area (Å²) < 4.78 is 6.37. The highest BCUT2D eigenvalue weighted by molar-refractivity contribution is 4.94. The monoisotopic (exact) mass is 294 g/mol. The molecule has 124 valence electrons. The highest BCUT2D eigenvalue weighted by Gasteiger charge is 2.12. The fraction of sp³-hybridized carbons (Fsp3) is 0.800. The summed E-state index contributed by atoms with van der Waals surface area (Å²) in [5, 5.41) is 0. The molecule has 0 rings (SSSR count). The predicted octanol–water partition coefficient (Wildman–Crippen LogP) is 6.83. The van der Waals surface area contributed by atoms with E-state index in [4.69, 9.17) is 4.74 Å². The summed E-state index contributed by atoms with van der Waals surface area (Å²) in [5.74, 6) is 0. The van der Waals surface area contributed by atoms with Crippen LogP contribution in [0.1, 0.15) is 91.9 Å². The predicted molar refractivity (Wildman–Crippen MR) is 95.8 cm³/mol. The van der Waals surface area contributed by atoms with E-state index in [0.29, 0.717) is 12.2 Å². The molecule has 0 heterocycles. The van der Waals surface area contributed by atoms with Gasteiger partial charge in [-0.3, -0.25) is 0 Å². The summed E-state index contributed by atoms with van der Waals surface area (Å²) in [6.45, 7) is 8.90. The Morgan fingerprint density at radius 1 is 0.667 bits per heavy atom. The van der Waals surface area contributed by atoms with Crippen LogP contribution < -0.4 is 0 Å². The lowest BCUT2D eigenvalue weighted by Crippen LogP contribution is -2.19. The Morgan fingerprint density at radius 3 is 1.43 bits per heavy atom. The summed E-state index contributed by atoms with van der Waals surface area (Å²) in [4.78, 5) is 0. The van der Waals surface area contributed by atoms with Crippen molar-refractivity contribution in [3.63, 3.8) is 0 Å². The lowest BCUT2D eigenvalue weighted by molar-refractivity contribution is 0.0294. The number of unbranched alkanes of at least 4 members (excludes halogenated alkanes) is 4. The van der Waals surface area contributed by atoms with E-state index in [-0.39, 0.29) is 0 Å². The van der Waals surface area contributed by atoms with Crippen molar-refractivity contribution >= 4 is 0 Å². The van der Waals surface area contributed by atoms with Crippen molar-refractivity contribution in [1.29, 1.82) is 0 Å². The van der Waals surface area contributed by atoms with Crippen molar-refractivity contribution in [2.24, 2.45) is 0 Å². The minimum atomic E-state index is 0.296. The zero-order valence-corrected chi connectivity index (χ0v) is 14.9. The normalized spacial score (nSPS) is 15.0. The van der Waals surface area contributed by atoms with Crippen LogP contribution in [0.5, 0.6) is 0 Å². The SMILES string of the molecule is CCC=CC(CCCCC)OC(C=CCC)CCCCC. The van der Waals surface area contributed by atoms with Gasteiger partial charge in [-0.15, -0.1) is 0 Å². The maximum Gasteiger partial charge on any atom is 0.0763 e. The van der Waals surface area contributed by atoms with Crippen LogP contribution in [0.3, 0.4) is 0 Å². The van der Waals surface area contributed by atoms with Crippen molar-refractivity contribution in [1.82, 2.24) is 0 Å². The third-order valence-electron chi connectivity index (χ3n) is 3.71. The van der Waals surface area contributed by atoms with Gasteiger partial charge < -0.3 is 4.74 Å². The second-order valence-electron chi connectivity index (χ2n) is 5.88. The fourth-order valence-electron chi connectivity index (χ4n) is 2.41. The first-order chi connectivity index (χ1) is 10.3. The Balaban J connectivity index is 4.43. The third-order valence-corrected chi connectivity index (χ3v) is 3.71. The first-order valence-corrected chi connectivity index (χ1v) is 9.27. The lowest BCUT2D eigenvalue weighted by Gasteiger charge is -2.21. The van der Waals surface area contributed by atoms with E-state index in [9.17, 15) is 0 Å². The highest BCUT2D eigenvalue weighted by Crippen LogP contribution is 2.16. The van der Waals surface area contributed by atoms with Crippen LogP contribution in [0.2, 0.25) is 0 Å². The van der Waals surface area contributed by atoms with Crippen molar-refractivity contribution in [2.45, 2.75) is 104 Å². The third kappa shape index (κ3) is 12.9. The molecule has 0 aliphatic rings. The van der Waals surface area contributed by atoms with E-state index in [0.717, 1.165) is 25.7 Å². The number of hydrogen-bond acceptors (Lipinski definition) is 1. The molecule has 0 saturated heterocycles. The van der Waals surface area contributed by atoms with Crippen LogP contribution in [-0.4, -0.2) is 12.2 Å². The molecule has 1 nitrogen and oxygen atoms in total. The molecule has 0 aliphatic carbocycles. The summed E-state index contributed by atoms with van der Waals surface area (Å²) in [5.41, 5.74) is 0. The number of rotatable bonds is 14. The molecule has 2 atom stereocenters. The topological polar surface area (TPSA) is 9.23 Å². The van der Waals surface area contributed by atoms with Gasteiger partial charge in [0.1, 0.15) is 0 Å². The first kappa shape index (κ1) is 20.4. The molecular formula is C20H38O. The van der Waals surface area contributed by atoms with Gasteiger partial charge in [0, 0.05) is 0 Å². The molecule has 0 aliphatic heterocycles. The molecule has 0 bridgehead atoms. The average Bonchev–Trinajstić information content (AvgIpc) is 2.50. The molecule has 1 heteroatoms. The van der Waals surface area contributed by atoms with Gasteiger partial charge in [-0.25, -0.2) is 0 Å². The van der Waals surface area contributed by atoms with Gasteiger partial charge >= 0.3 is 0 Å². The van der Waals surface area contributed by atoms with Gasteiger partial charge in [-0.2, -0.15) is 0 Å². The molecular weight excluding hydrogens is 256 g/mol. The molecule has 0 radical (unpaired) electrons. The van der Waals surface area contributed by atoms with Crippen LogP contribution in [-0.2, 0) is 4.74 Å². The van der Waals surface area contributed by atoms with Crippen LogP contribution in [0.25, 0.3) is 0 Å². The second kappa shape index (κ2) is 15.8. The van der Waals surface area contributed by atoms with E-state index in [2.05, 4.69) is 52.0 Å². The van der Waals surface area contributed by atoms with Crippen LogP contribution >= 0.6 is 0 Å². The molecule has 2 unspecified atom stereocenters. The summed E-state index contributed by atoms with van der Waals surface area (Å²) in [6, 6.07) is 0. The van der Waals surface area contributed by atoms with Gasteiger partial charge in [0.25, 0.3) is 0 Å². The molecule has 0 fully saturated rings. The molecule has 0 spiro atoms. The van der Waals surface area contributed by atoms with Crippen molar-refractivity contribution in [3.8, 4) is 0 Å². The highest BCUT2D eigenvalue weighted by atomic mass is 16.5. The Kier molecular flexibility index (Phi) is 15.4. The molecule has 0 saturated carbocycles. The Hall–Kier alpha value is -0.560. The van der Waals surface area contributed by atoms with Gasteiger partial charge in [-0.1, -0.05) is 90.5 Å². The average molecular weight is 295 g/mol. The van der Waals surface area contributed by atoms with Crippen molar-refractivity contribution in [2.75, 3.05) is 0 Å². The van der Waals surface area contributed by atoms with E-state index >= 15 is 0 Å². The summed E-state index contributed by atoms with van der Waals surface area (Å²) in [7, 11) is 0. The molecule has 0 aromatic carbocycles. The van der Waals surface area contributed by atoms with E-state index < -0.39 is 0 Å². The lowest BCUT2D eigenvalue weighted by atomic mass is 10.1. The Labute approximate surface area is 133 Å². The van der Waals surface area contributed by atoms with Gasteiger partial charge in [0.05, 0.1) is 12.2 Å². The van der Waals surface area contributed by atoms with Crippen LogP contribution in [0, 0.1) is 0 Å². The molecule has 0 aromatic heterocycles. The van der Waals surface area contributed by atoms with Crippen LogP contribution in [0.15, 0.2) is 24.3 Å². The summed E-state index contributed by atoms with van der Waals surface area (Å²) in [6.07, 6.45) is 21.9. The number of ether oxygens (including phenoxy) is 1. The zero-order valence-electron chi connectivity index (χ0n) is 14.9. The first-order valence-electron chi connectivity index (χ1n) is 9.27. The quantitative estimate of drug-likeness (QED) is 0.252. The summed E-state index contributed by atoms with van der Waals surface area (Å²) >= 11 is 0. The van der Waals surface area contributed by atoms with Crippen LogP contribution in [0.4, 0.5) is 0 Å². The van der Waals surface area contributed by atoms with E-state index in [1.807, 2.05) is 0 Å². The molecule has 0 amide bonds. The smallest absolute Gasteiger partial charge is 0.0763 e. The maximum absolute atomic E-state index is 6.37. The minimum Gasteiger partial charge on any atom is -0.367 e. The van der Waals surface area contributed by atoms with E-state index in [1.165, 1.54) is 38.5 Å². The Morgan fingerprint density at radius 2 is 1.10 bits per heavy atom. The molecule has 0 N–H and O–H groups in total. The second-order valence-corrected chi connectivity index (χ2v) is 5.88. The van der Waals surface area contributed by atoms with Gasteiger partial charge in [-0.05, 0) is 25.7 Å². The minimum absolute atomic E-state index is 0.296. The molecule has 21 heavy (non-hydrogen) atoms. The fourth-order valence-corrected chi connectivity index (χ4v) is 2.41. The number of allylic oxidation sites excluding steroid dienone is 2. The zero-order chi connectivity index (χ0) is 15.8.